The zero-order valence-corrected chi connectivity index (χ0v) is 12.4. The molecule has 0 aliphatic carbocycles. The van der Waals surface area contributed by atoms with Crippen molar-refractivity contribution in [1.29, 1.82) is 0 Å². The van der Waals surface area contributed by atoms with Crippen LogP contribution in [-0.2, 0) is 11.3 Å². The van der Waals surface area contributed by atoms with E-state index in [0.717, 1.165) is 16.1 Å². The SMILES string of the molecule is NCc1ccc(SCC(=O)Nc2ccc(Cl)cc2)cc1. The minimum atomic E-state index is -0.0415. The molecule has 1 amide bonds. The maximum absolute atomic E-state index is 11.8. The first-order chi connectivity index (χ1) is 9.67. The Kier molecular flexibility index (Phi) is 5.47. The van der Waals surface area contributed by atoms with E-state index in [9.17, 15) is 4.79 Å². The van der Waals surface area contributed by atoms with Gasteiger partial charge in [0.25, 0.3) is 0 Å². The molecule has 2 rings (SSSR count). The zero-order chi connectivity index (χ0) is 14.4. The number of nitrogens with two attached hydrogens (primary N) is 1. The second-order valence-electron chi connectivity index (χ2n) is 4.19. The number of halogens is 1. The summed E-state index contributed by atoms with van der Waals surface area (Å²) in [6.07, 6.45) is 0. The summed E-state index contributed by atoms with van der Waals surface area (Å²) in [4.78, 5) is 12.9. The fourth-order valence-electron chi connectivity index (χ4n) is 1.60. The van der Waals surface area contributed by atoms with Crippen LogP contribution >= 0.6 is 23.4 Å². The Hall–Kier alpha value is -1.49. The molecule has 0 bridgehead atoms. The van der Waals surface area contributed by atoms with Crippen molar-refractivity contribution in [3.63, 3.8) is 0 Å². The van der Waals surface area contributed by atoms with Gasteiger partial charge in [-0.3, -0.25) is 4.79 Å². The number of thioether (sulfide) groups is 1. The van der Waals surface area contributed by atoms with E-state index in [1.54, 1.807) is 24.3 Å². The van der Waals surface area contributed by atoms with Crippen LogP contribution in [0.4, 0.5) is 5.69 Å². The summed E-state index contributed by atoms with van der Waals surface area (Å²) in [5.41, 5.74) is 7.37. The highest BCUT2D eigenvalue weighted by Gasteiger charge is 2.04. The summed E-state index contributed by atoms with van der Waals surface area (Å²) in [5.74, 6) is 0.324. The van der Waals surface area contributed by atoms with Crippen molar-refractivity contribution in [1.82, 2.24) is 0 Å². The van der Waals surface area contributed by atoms with Crippen LogP contribution in [0.15, 0.2) is 53.4 Å². The van der Waals surface area contributed by atoms with E-state index in [4.69, 9.17) is 17.3 Å². The Morgan fingerprint density at radius 3 is 2.35 bits per heavy atom. The van der Waals surface area contributed by atoms with Gasteiger partial charge in [-0.05, 0) is 42.0 Å². The maximum atomic E-state index is 11.8. The van der Waals surface area contributed by atoms with Crippen LogP contribution in [-0.4, -0.2) is 11.7 Å². The Morgan fingerprint density at radius 2 is 1.75 bits per heavy atom. The number of anilines is 1. The van der Waals surface area contributed by atoms with Gasteiger partial charge < -0.3 is 11.1 Å². The van der Waals surface area contributed by atoms with E-state index < -0.39 is 0 Å². The molecule has 0 saturated heterocycles. The quantitative estimate of drug-likeness (QED) is 0.831. The first kappa shape index (κ1) is 14.9. The summed E-state index contributed by atoms with van der Waals surface area (Å²) in [6, 6.07) is 14.9. The minimum Gasteiger partial charge on any atom is -0.326 e. The van der Waals surface area contributed by atoms with Crippen molar-refractivity contribution < 1.29 is 4.79 Å². The summed E-state index contributed by atoms with van der Waals surface area (Å²) in [6.45, 7) is 0.530. The normalized spacial score (nSPS) is 10.3. The van der Waals surface area contributed by atoms with E-state index in [1.165, 1.54) is 11.8 Å². The summed E-state index contributed by atoms with van der Waals surface area (Å²) < 4.78 is 0. The van der Waals surface area contributed by atoms with Gasteiger partial charge in [0.15, 0.2) is 0 Å². The van der Waals surface area contributed by atoms with Crippen molar-refractivity contribution in [3.05, 3.63) is 59.1 Å². The minimum absolute atomic E-state index is 0.0415. The lowest BCUT2D eigenvalue weighted by atomic mass is 10.2. The smallest absolute Gasteiger partial charge is 0.234 e. The van der Waals surface area contributed by atoms with Crippen LogP contribution < -0.4 is 11.1 Å². The molecule has 3 N–H and O–H groups in total. The summed E-state index contributed by atoms with van der Waals surface area (Å²) in [7, 11) is 0. The molecule has 0 aromatic heterocycles. The van der Waals surface area contributed by atoms with Crippen molar-refractivity contribution in [2.75, 3.05) is 11.1 Å². The van der Waals surface area contributed by atoms with E-state index >= 15 is 0 Å². The second-order valence-corrected chi connectivity index (χ2v) is 5.68. The topological polar surface area (TPSA) is 55.1 Å². The molecule has 0 aliphatic rings. The van der Waals surface area contributed by atoms with Gasteiger partial charge in [0, 0.05) is 22.2 Å². The number of nitrogens with one attached hydrogen (secondary N) is 1. The number of rotatable bonds is 5. The number of carbonyl (C=O) groups excluding carboxylic acids is 1. The van der Waals surface area contributed by atoms with Crippen LogP contribution in [0.1, 0.15) is 5.56 Å². The molecule has 0 spiro atoms. The molecule has 2 aromatic rings. The van der Waals surface area contributed by atoms with E-state index in [-0.39, 0.29) is 5.91 Å². The summed E-state index contributed by atoms with van der Waals surface area (Å²) >= 11 is 7.28. The molecule has 0 fully saturated rings. The maximum Gasteiger partial charge on any atom is 0.234 e. The van der Waals surface area contributed by atoms with Gasteiger partial charge in [0.05, 0.1) is 5.75 Å². The third-order valence-electron chi connectivity index (χ3n) is 2.66. The van der Waals surface area contributed by atoms with Crippen molar-refractivity contribution in [2.45, 2.75) is 11.4 Å². The molecular weight excluding hydrogens is 292 g/mol. The Balaban J connectivity index is 1.83. The van der Waals surface area contributed by atoms with Crippen molar-refractivity contribution in [3.8, 4) is 0 Å². The predicted molar refractivity (Wildman–Crippen MR) is 85.1 cm³/mol. The highest BCUT2D eigenvalue weighted by Crippen LogP contribution is 2.19. The van der Waals surface area contributed by atoms with Gasteiger partial charge in [-0.2, -0.15) is 0 Å². The van der Waals surface area contributed by atoms with Crippen LogP contribution in [0.2, 0.25) is 5.02 Å². The van der Waals surface area contributed by atoms with E-state index in [0.29, 0.717) is 17.3 Å². The lowest BCUT2D eigenvalue weighted by molar-refractivity contribution is -0.113. The average molecular weight is 307 g/mol. The van der Waals surface area contributed by atoms with Crippen LogP contribution in [0, 0.1) is 0 Å². The third-order valence-corrected chi connectivity index (χ3v) is 3.92. The molecule has 0 unspecified atom stereocenters. The van der Waals surface area contributed by atoms with Gasteiger partial charge in [0.1, 0.15) is 0 Å². The molecular formula is C15H15ClN2OS. The van der Waals surface area contributed by atoms with Crippen molar-refractivity contribution >= 4 is 35.0 Å². The molecule has 104 valence electrons. The van der Waals surface area contributed by atoms with Gasteiger partial charge in [0.2, 0.25) is 5.91 Å². The fourth-order valence-corrected chi connectivity index (χ4v) is 2.43. The number of amides is 1. The standard InChI is InChI=1S/C15H15ClN2OS/c16-12-3-5-13(6-4-12)18-15(19)10-20-14-7-1-11(9-17)2-8-14/h1-8H,9-10,17H2,(H,18,19). The first-order valence-corrected chi connectivity index (χ1v) is 7.51. The van der Waals surface area contributed by atoms with Gasteiger partial charge in [-0.1, -0.05) is 23.7 Å². The van der Waals surface area contributed by atoms with Gasteiger partial charge in [-0.15, -0.1) is 11.8 Å². The van der Waals surface area contributed by atoms with Crippen LogP contribution in [0.3, 0.4) is 0 Å². The lowest BCUT2D eigenvalue weighted by Crippen LogP contribution is -2.13. The highest BCUT2D eigenvalue weighted by molar-refractivity contribution is 8.00. The summed E-state index contributed by atoms with van der Waals surface area (Å²) in [5, 5.41) is 3.47. The molecule has 20 heavy (non-hydrogen) atoms. The zero-order valence-electron chi connectivity index (χ0n) is 10.8. The molecule has 0 saturated carbocycles. The number of hydrogen-bond donors (Lipinski definition) is 2. The highest BCUT2D eigenvalue weighted by atomic mass is 35.5. The van der Waals surface area contributed by atoms with Crippen molar-refractivity contribution in [2.24, 2.45) is 5.73 Å². The molecule has 2 aromatic carbocycles. The molecule has 0 radical (unpaired) electrons. The number of hydrogen-bond acceptors (Lipinski definition) is 3. The largest absolute Gasteiger partial charge is 0.326 e. The number of benzene rings is 2. The Bertz CT molecular complexity index is 569. The van der Waals surface area contributed by atoms with Crippen LogP contribution in [0.25, 0.3) is 0 Å². The molecule has 0 aliphatic heterocycles. The third kappa shape index (κ3) is 4.56. The lowest BCUT2D eigenvalue weighted by Gasteiger charge is -2.05. The number of carbonyl (C=O) groups is 1. The van der Waals surface area contributed by atoms with Crippen LogP contribution in [0.5, 0.6) is 0 Å². The molecule has 0 heterocycles. The van der Waals surface area contributed by atoms with E-state index in [1.807, 2.05) is 24.3 Å². The average Bonchev–Trinajstić information content (AvgIpc) is 2.48. The Labute approximate surface area is 127 Å². The first-order valence-electron chi connectivity index (χ1n) is 6.14. The van der Waals surface area contributed by atoms with E-state index in [2.05, 4.69) is 5.32 Å². The predicted octanol–water partition coefficient (Wildman–Crippen LogP) is 3.53. The second kappa shape index (κ2) is 7.33. The van der Waals surface area contributed by atoms with Gasteiger partial charge in [-0.25, -0.2) is 0 Å². The molecule has 3 nitrogen and oxygen atoms in total. The molecule has 5 heteroatoms. The molecule has 0 atom stereocenters. The van der Waals surface area contributed by atoms with Gasteiger partial charge >= 0.3 is 0 Å². The monoisotopic (exact) mass is 306 g/mol. The Morgan fingerprint density at radius 1 is 1.10 bits per heavy atom. The fraction of sp³-hybridized carbons (Fsp3) is 0.133.